The van der Waals surface area contributed by atoms with E-state index in [-0.39, 0.29) is 17.2 Å². The molecule has 1 N–H and O–H groups in total. The smallest absolute Gasteiger partial charge is 0.223 e. The molecule has 3 heteroatoms. The second-order valence-corrected chi connectivity index (χ2v) is 5.44. The number of piperidine rings is 2. The van der Waals surface area contributed by atoms with Gasteiger partial charge in [0.15, 0.2) is 0 Å². The van der Waals surface area contributed by atoms with Crippen LogP contribution in [-0.4, -0.2) is 12.5 Å². The standard InChI is InChI=1S/C12H12BrNO/c13-10-4-2-1-3-9(10)12-5-8(6-12)11(15)14-7-12/h1-4,8H,5-7H2,(H,14,15). The van der Waals surface area contributed by atoms with Crippen molar-refractivity contribution in [2.75, 3.05) is 6.54 Å². The minimum atomic E-state index is 0.207. The molecule has 0 radical (unpaired) electrons. The number of halogens is 1. The molecule has 1 aromatic carbocycles. The maximum Gasteiger partial charge on any atom is 0.223 e. The average molecular weight is 266 g/mol. The molecule has 4 rings (SSSR count). The zero-order chi connectivity index (χ0) is 10.5. The number of rotatable bonds is 1. The average Bonchev–Trinajstić information content (AvgIpc) is 2.18. The van der Waals surface area contributed by atoms with Crippen molar-refractivity contribution in [2.24, 2.45) is 5.92 Å². The summed E-state index contributed by atoms with van der Waals surface area (Å²) in [5.41, 5.74) is 1.56. The molecule has 0 unspecified atom stereocenters. The topological polar surface area (TPSA) is 29.1 Å². The molecule has 15 heavy (non-hydrogen) atoms. The molecule has 0 atom stereocenters. The van der Waals surface area contributed by atoms with E-state index in [1.807, 2.05) is 6.07 Å². The molecule has 2 aliphatic heterocycles. The summed E-state index contributed by atoms with van der Waals surface area (Å²) in [7, 11) is 0. The van der Waals surface area contributed by atoms with Crippen LogP contribution >= 0.6 is 15.9 Å². The SMILES string of the molecule is O=C1NCC2(c3ccccc3Br)CC1C2. The lowest BCUT2D eigenvalue weighted by Crippen LogP contribution is -2.60. The summed E-state index contributed by atoms with van der Waals surface area (Å²) in [4.78, 5) is 11.4. The Morgan fingerprint density at radius 2 is 2.07 bits per heavy atom. The van der Waals surface area contributed by atoms with Crippen LogP contribution in [0.2, 0.25) is 0 Å². The van der Waals surface area contributed by atoms with Crippen LogP contribution in [0.5, 0.6) is 0 Å². The zero-order valence-electron chi connectivity index (χ0n) is 8.29. The number of carbonyl (C=O) groups excluding carboxylic acids is 1. The number of fused-ring (bicyclic) bond motifs is 2. The van der Waals surface area contributed by atoms with Crippen molar-refractivity contribution in [2.45, 2.75) is 18.3 Å². The van der Waals surface area contributed by atoms with Crippen LogP contribution in [0.1, 0.15) is 18.4 Å². The molecule has 3 fully saturated rings. The lowest BCUT2D eigenvalue weighted by molar-refractivity contribution is -0.135. The van der Waals surface area contributed by atoms with Gasteiger partial charge in [-0.25, -0.2) is 0 Å². The lowest BCUT2D eigenvalue weighted by atomic mass is 9.56. The number of nitrogens with one attached hydrogen (secondary N) is 1. The van der Waals surface area contributed by atoms with Crippen LogP contribution in [0.4, 0.5) is 0 Å². The molecular formula is C12H12BrNO. The van der Waals surface area contributed by atoms with E-state index >= 15 is 0 Å². The molecule has 2 nitrogen and oxygen atoms in total. The van der Waals surface area contributed by atoms with Gasteiger partial charge in [-0.2, -0.15) is 0 Å². The Morgan fingerprint density at radius 3 is 2.67 bits per heavy atom. The molecule has 1 amide bonds. The predicted octanol–water partition coefficient (Wildman–Crippen LogP) is 2.23. The van der Waals surface area contributed by atoms with E-state index in [1.165, 1.54) is 10.0 Å². The highest BCUT2D eigenvalue weighted by atomic mass is 79.9. The molecule has 0 spiro atoms. The van der Waals surface area contributed by atoms with Gasteiger partial charge in [0, 0.05) is 22.4 Å². The number of hydrogen-bond donors (Lipinski definition) is 1. The minimum Gasteiger partial charge on any atom is -0.355 e. The fraction of sp³-hybridized carbons (Fsp3) is 0.417. The Hall–Kier alpha value is -0.830. The summed E-state index contributed by atoms with van der Waals surface area (Å²) in [6.45, 7) is 0.797. The van der Waals surface area contributed by atoms with Gasteiger partial charge >= 0.3 is 0 Å². The van der Waals surface area contributed by atoms with Crippen molar-refractivity contribution in [1.82, 2.24) is 5.32 Å². The largest absolute Gasteiger partial charge is 0.355 e. The second kappa shape index (κ2) is 3.08. The first-order valence-corrected chi connectivity index (χ1v) is 6.03. The van der Waals surface area contributed by atoms with Gasteiger partial charge in [-0.05, 0) is 24.5 Å². The Bertz CT molecular complexity index is 418. The Labute approximate surface area is 97.2 Å². The van der Waals surface area contributed by atoms with E-state index in [0.717, 1.165) is 19.4 Å². The Balaban J connectivity index is 1.97. The maximum absolute atomic E-state index is 11.4. The quantitative estimate of drug-likeness (QED) is 0.829. The first-order valence-electron chi connectivity index (χ1n) is 5.24. The van der Waals surface area contributed by atoms with E-state index in [1.54, 1.807) is 0 Å². The van der Waals surface area contributed by atoms with Gasteiger partial charge in [0.1, 0.15) is 0 Å². The van der Waals surface area contributed by atoms with Gasteiger partial charge in [0.05, 0.1) is 0 Å². The number of amides is 1. The third kappa shape index (κ3) is 1.26. The molecule has 2 heterocycles. The highest BCUT2D eigenvalue weighted by molar-refractivity contribution is 9.10. The maximum atomic E-state index is 11.4. The van der Waals surface area contributed by atoms with Gasteiger partial charge in [-0.3, -0.25) is 4.79 Å². The Kier molecular flexibility index (Phi) is 1.93. The zero-order valence-corrected chi connectivity index (χ0v) is 9.88. The summed E-state index contributed by atoms with van der Waals surface area (Å²) < 4.78 is 1.17. The van der Waals surface area contributed by atoms with Crippen LogP contribution in [0.3, 0.4) is 0 Å². The van der Waals surface area contributed by atoms with Crippen molar-refractivity contribution in [3.63, 3.8) is 0 Å². The number of hydrogen-bond acceptors (Lipinski definition) is 1. The first kappa shape index (κ1) is 9.40. The number of benzene rings is 1. The van der Waals surface area contributed by atoms with Crippen molar-refractivity contribution >= 4 is 21.8 Å². The van der Waals surface area contributed by atoms with Crippen molar-refractivity contribution in [1.29, 1.82) is 0 Å². The highest BCUT2D eigenvalue weighted by Crippen LogP contribution is 2.51. The molecule has 0 aromatic heterocycles. The predicted molar refractivity (Wildman–Crippen MR) is 61.6 cm³/mol. The summed E-state index contributed by atoms with van der Waals surface area (Å²) in [6, 6.07) is 8.34. The summed E-state index contributed by atoms with van der Waals surface area (Å²) >= 11 is 3.59. The van der Waals surface area contributed by atoms with E-state index in [0.29, 0.717) is 0 Å². The normalized spacial score (nSPS) is 33.1. The fourth-order valence-electron chi connectivity index (χ4n) is 2.82. The van der Waals surface area contributed by atoms with Crippen LogP contribution in [-0.2, 0) is 10.2 Å². The van der Waals surface area contributed by atoms with Gasteiger partial charge in [-0.1, -0.05) is 34.1 Å². The van der Waals surface area contributed by atoms with Crippen LogP contribution in [0.25, 0.3) is 0 Å². The third-order valence-corrected chi connectivity index (χ3v) is 4.38. The minimum absolute atomic E-state index is 0.207. The van der Waals surface area contributed by atoms with Gasteiger partial charge < -0.3 is 5.32 Å². The molecule has 1 aromatic rings. The second-order valence-electron chi connectivity index (χ2n) is 4.58. The van der Waals surface area contributed by atoms with E-state index in [4.69, 9.17) is 0 Å². The van der Waals surface area contributed by atoms with Gasteiger partial charge in [0.25, 0.3) is 0 Å². The van der Waals surface area contributed by atoms with Crippen LogP contribution in [0.15, 0.2) is 28.7 Å². The summed E-state index contributed by atoms with van der Waals surface area (Å²) in [5.74, 6) is 0.495. The molecule has 2 bridgehead atoms. The lowest BCUT2D eigenvalue weighted by Gasteiger charge is -2.52. The summed E-state index contributed by atoms with van der Waals surface area (Å²) in [5, 5.41) is 2.99. The van der Waals surface area contributed by atoms with Crippen molar-refractivity contribution < 1.29 is 4.79 Å². The molecular weight excluding hydrogens is 254 g/mol. The molecule has 78 valence electrons. The van der Waals surface area contributed by atoms with Gasteiger partial charge in [-0.15, -0.1) is 0 Å². The summed E-state index contributed by atoms with van der Waals surface area (Å²) in [6.07, 6.45) is 2.03. The van der Waals surface area contributed by atoms with E-state index in [9.17, 15) is 4.79 Å². The highest BCUT2D eigenvalue weighted by Gasteiger charge is 2.52. The molecule has 3 aliphatic rings. The van der Waals surface area contributed by atoms with Gasteiger partial charge in [0.2, 0.25) is 5.91 Å². The first-order chi connectivity index (χ1) is 7.21. The van der Waals surface area contributed by atoms with Crippen molar-refractivity contribution in [3.05, 3.63) is 34.3 Å². The number of carbonyl (C=O) groups is 1. The molecule has 1 aliphatic carbocycles. The van der Waals surface area contributed by atoms with E-state index in [2.05, 4.69) is 39.4 Å². The fourth-order valence-corrected chi connectivity index (χ4v) is 3.53. The van der Waals surface area contributed by atoms with Crippen LogP contribution in [0, 0.1) is 5.92 Å². The van der Waals surface area contributed by atoms with Crippen molar-refractivity contribution in [3.8, 4) is 0 Å². The van der Waals surface area contributed by atoms with Crippen LogP contribution < -0.4 is 5.32 Å². The monoisotopic (exact) mass is 265 g/mol. The third-order valence-electron chi connectivity index (χ3n) is 3.69. The Morgan fingerprint density at radius 1 is 1.33 bits per heavy atom. The molecule has 2 saturated heterocycles. The molecule has 1 saturated carbocycles. The van der Waals surface area contributed by atoms with E-state index < -0.39 is 0 Å².